The van der Waals surface area contributed by atoms with E-state index in [9.17, 15) is 9.59 Å². The van der Waals surface area contributed by atoms with E-state index in [1.807, 2.05) is 42.5 Å². The van der Waals surface area contributed by atoms with Crippen molar-refractivity contribution in [2.75, 3.05) is 18.6 Å². The molecule has 1 aliphatic rings. The third kappa shape index (κ3) is 2.72. The molecule has 0 aliphatic heterocycles. The molecule has 0 saturated heterocycles. The average molecular weight is 295 g/mol. The van der Waals surface area contributed by atoms with Crippen molar-refractivity contribution in [3.63, 3.8) is 0 Å². The zero-order chi connectivity index (χ0) is 15.5. The molecule has 2 aromatic carbocycles. The Kier molecular flexibility index (Phi) is 3.92. The number of Topliss-reactive ketones (excluding diaryl/α,β-unsaturated/α-hetero) is 1. The van der Waals surface area contributed by atoms with Crippen LogP contribution >= 0.6 is 0 Å². The minimum Gasteiger partial charge on any atom is -0.483 e. The number of benzene rings is 2. The lowest BCUT2D eigenvalue weighted by atomic mass is 10.1. The molecule has 0 N–H and O–H groups in total. The minimum atomic E-state index is -0.131. The van der Waals surface area contributed by atoms with Crippen molar-refractivity contribution >= 4 is 17.4 Å². The van der Waals surface area contributed by atoms with Gasteiger partial charge in [0.2, 0.25) is 0 Å². The predicted octanol–water partition coefficient (Wildman–Crippen LogP) is 2.86. The Morgan fingerprint density at radius 3 is 2.64 bits per heavy atom. The van der Waals surface area contributed by atoms with Crippen LogP contribution in [0.1, 0.15) is 22.3 Å². The van der Waals surface area contributed by atoms with Crippen LogP contribution in [-0.2, 0) is 11.2 Å². The number of hydrogen-bond donors (Lipinski definition) is 0. The molecule has 0 fully saturated rings. The molecule has 22 heavy (non-hydrogen) atoms. The van der Waals surface area contributed by atoms with Crippen molar-refractivity contribution in [2.24, 2.45) is 0 Å². The highest BCUT2D eigenvalue weighted by molar-refractivity contribution is 6.01. The summed E-state index contributed by atoms with van der Waals surface area (Å²) >= 11 is 0. The van der Waals surface area contributed by atoms with Gasteiger partial charge in [0.1, 0.15) is 5.75 Å². The van der Waals surface area contributed by atoms with E-state index in [-0.39, 0.29) is 18.3 Å². The first-order valence-electron chi connectivity index (χ1n) is 7.26. The second kappa shape index (κ2) is 6.02. The lowest BCUT2D eigenvalue weighted by Crippen LogP contribution is -2.31. The number of carbonyl (C=O) groups excluding carboxylic acids is 2. The van der Waals surface area contributed by atoms with Gasteiger partial charge in [-0.1, -0.05) is 30.3 Å². The van der Waals surface area contributed by atoms with Gasteiger partial charge in [-0.05, 0) is 24.6 Å². The van der Waals surface area contributed by atoms with Crippen LogP contribution in [0.15, 0.2) is 48.5 Å². The second-order valence-corrected chi connectivity index (χ2v) is 5.28. The van der Waals surface area contributed by atoms with Gasteiger partial charge in [0.25, 0.3) is 5.91 Å². The van der Waals surface area contributed by atoms with Crippen LogP contribution in [0.5, 0.6) is 5.75 Å². The van der Waals surface area contributed by atoms with Gasteiger partial charge in [0, 0.05) is 30.3 Å². The van der Waals surface area contributed by atoms with Crippen LogP contribution in [-0.4, -0.2) is 25.3 Å². The number of para-hydroxylation sites is 1. The van der Waals surface area contributed by atoms with Crippen molar-refractivity contribution in [1.82, 2.24) is 0 Å². The normalized spacial score (nSPS) is 12.9. The summed E-state index contributed by atoms with van der Waals surface area (Å²) in [7, 11) is 1.72. The fraction of sp³-hybridized carbons (Fsp3) is 0.222. The molecule has 1 amide bonds. The van der Waals surface area contributed by atoms with Crippen LogP contribution in [0.25, 0.3) is 0 Å². The van der Waals surface area contributed by atoms with Crippen molar-refractivity contribution in [3.8, 4) is 5.75 Å². The lowest BCUT2D eigenvalue weighted by Gasteiger charge is -2.18. The van der Waals surface area contributed by atoms with Gasteiger partial charge in [-0.25, -0.2) is 0 Å². The fourth-order valence-corrected chi connectivity index (χ4v) is 2.63. The fourth-order valence-electron chi connectivity index (χ4n) is 2.63. The molecule has 0 spiro atoms. The first-order chi connectivity index (χ1) is 10.7. The van der Waals surface area contributed by atoms with Crippen molar-refractivity contribution in [1.29, 1.82) is 0 Å². The molecule has 112 valence electrons. The quantitative estimate of drug-likeness (QED) is 0.871. The number of hydrogen-bond acceptors (Lipinski definition) is 3. The molecule has 1 aliphatic carbocycles. The molecule has 0 unspecified atom stereocenters. The molecule has 0 saturated carbocycles. The molecular formula is C18H17NO3. The van der Waals surface area contributed by atoms with E-state index in [1.54, 1.807) is 18.0 Å². The van der Waals surface area contributed by atoms with E-state index >= 15 is 0 Å². The molecule has 0 atom stereocenters. The van der Waals surface area contributed by atoms with E-state index in [4.69, 9.17) is 4.74 Å². The Bertz CT molecular complexity index is 710. The molecule has 0 bridgehead atoms. The van der Waals surface area contributed by atoms with E-state index in [0.717, 1.165) is 16.8 Å². The number of ketones is 1. The number of ether oxygens (including phenoxy) is 1. The van der Waals surface area contributed by atoms with Crippen molar-refractivity contribution < 1.29 is 14.3 Å². The molecule has 0 heterocycles. The summed E-state index contributed by atoms with van der Waals surface area (Å²) in [6, 6.07) is 14.8. The summed E-state index contributed by atoms with van der Waals surface area (Å²) in [6.45, 7) is -0.0456. The van der Waals surface area contributed by atoms with Crippen LogP contribution in [0.4, 0.5) is 5.69 Å². The predicted molar refractivity (Wildman–Crippen MR) is 84.4 cm³/mol. The Hall–Kier alpha value is -2.62. The Morgan fingerprint density at radius 2 is 1.86 bits per heavy atom. The first-order valence-corrected chi connectivity index (χ1v) is 7.26. The molecular weight excluding hydrogens is 278 g/mol. The van der Waals surface area contributed by atoms with E-state index in [0.29, 0.717) is 18.6 Å². The largest absolute Gasteiger partial charge is 0.483 e. The number of anilines is 1. The van der Waals surface area contributed by atoms with Crippen LogP contribution in [0.2, 0.25) is 0 Å². The summed E-state index contributed by atoms with van der Waals surface area (Å²) in [4.78, 5) is 25.5. The molecule has 3 rings (SSSR count). The summed E-state index contributed by atoms with van der Waals surface area (Å²) in [5.74, 6) is 0.652. The lowest BCUT2D eigenvalue weighted by molar-refractivity contribution is -0.120. The van der Waals surface area contributed by atoms with Gasteiger partial charge in [0.15, 0.2) is 12.4 Å². The van der Waals surface area contributed by atoms with Crippen LogP contribution in [0.3, 0.4) is 0 Å². The maximum absolute atomic E-state index is 12.2. The number of fused-ring (bicyclic) bond motifs is 1. The Balaban J connectivity index is 1.69. The maximum atomic E-state index is 12.2. The SMILES string of the molecule is CN(C(=O)COc1cccc2c1CCC2=O)c1ccccc1. The van der Waals surface area contributed by atoms with Gasteiger partial charge in [-0.15, -0.1) is 0 Å². The Morgan fingerprint density at radius 1 is 1.09 bits per heavy atom. The van der Waals surface area contributed by atoms with E-state index in [1.165, 1.54) is 0 Å². The average Bonchev–Trinajstić information content (AvgIpc) is 2.95. The first kappa shape index (κ1) is 14.3. The molecule has 0 radical (unpaired) electrons. The summed E-state index contributed by atoms with van der Waals surface area (Å²) < 4.78 is 5.66. The summed E-state index contributed by atoms with van der Waals surface area (Å²) in [5, 5.41) is 0. The van der Waals surface area contributed by atoms with Crippen molar-refractivity contribution in [3.05, 3.63) is 59.7 Å². The van der Waals surface area contributed by atoms with E-state index < -0.39 is 0 Å². The molecule has 0 aromatic heterocycles. The van der Waals surface area contributed by atoms with Gasteiger partial charge in [-0.2, -0.15) is 0 Å². The topological polar surface area (TPSA) is 46.6 Å². The van der Waals surface area contributed by atoms with Gasteiger partial charge < -0.3 is 9.64 Å². The smallest absolute Gasteiger partial charge is 0.264 e. The summed E-state index contributed by atoms with van der Waals surface area (Å²) in [5.41, 5.74) is 2.47. The number of amides is 1. The van der Waals surface area contributed by atoms with Crippen LogP contribution < -0.4 is 9.64 Å². The highest BCUT2D eigenvalue weighted by Crippen LogP contribution is 2.30. The highest BCUT2D eigenvalue weighted by atomic mass is 16.5. The molecule has 4 nitrogen and oxygen atoms in total. The number of carbonyl (C=O) groups is 2. The number of rotatable bonds is 4. The standard InChI is InChI=1S/C18H17NO3/c1-19(13-6-3-2-4-7-13)18(21)12-22-17-9-5-8-14-15(17)10-11-16(14)20/h2-9H,10-12H2,1H3. The maximum Gasteiger partial charge on any atom is 0.264 e. The highest BCUT2D eigenvalue weighted by Gasteiger charge is 2.23. The van der Waals surface area contributed by atoms with Gasteiger partial charge in [-0.3, -0.25) is 9.59 Å². The molecule has 2 aromatic rings. The van der Waals surface area contributed by atoms with Gasteiger partial charge >= 0.3 is 0 Å². The van der Waals surface area contributed by atoms with Crippen LogP contribution in [0, 0.1) is 0 Å². The Labute approximate surface area is 129 Å². The monoisotopic (exact) mass is 295 g/mol. The van der Waals surface area contributed by atoms with Crippen molar-refractivity contribution in [2.45, 2.75) is 12.8 Å². The third-order valence-electron chi connectivity index (χ3n) is 3.90. The second-order valence-electron chi connectivity index (χ2n) is 5.28. The summed E-state index contributed by atoms with van der Waals surface area (Å²) in [6.07, 6.45) is 1.21. The molecule has 4 heteroatoms. The zero-order valence-electron chi connectivity index (χ0n) is 12.4. The third-order valence-corrected chi connectivity index (χ3v) is 3.90. The number of nitrogens with zero attached hydrogens (tertiary/aromatic N) is 1. The zero-order valence-corrected chi connectivity index (χ0v) is 12.4. The minimum absolute atomic E-state index is 0.0456. The van der Waals surface area contributed by atoms with Gasteiger partial charge in [0.05, 0.1) is 0 Å². The number of likely N-dealkylation sites (N-methyl/N-ethyl adjacent to an activating group) is 1. The van der Waals surface area contributed by atoms with E-state index in [2.05, 4.69) is 0 Å².